The molecule has 1 aromatic rings. The monoisotopic (exact) mass is 354 g/mol. The van der Waals surface area contributed by atoms with Gasteiger partial charge in [0.15, 0.2) is 0 Å². The number of likely N-dealkylation sites (tertiary alicyclic amines) is 1. The molecule has 0 bridgehead atoms. The lowest BCUT2D eigenvalue weighted by atomic mass is 9.84. The zero-order valence-electron chi connectivity index (χ0n) is 13.1. The average Bonchev–Trinajstić information content (AvgIpc) is 2.38. The molecule has 4 nitrogen and oxygen atoms in total. The Labute approximate surface area is 135 Å². The fourth-order valence-electron chi connectivity index (χ4n) is 2.68. The number of nitrogens with zero attached hydrogens (tertiary/aromatic N) is 2. The van der Waals surface area contributed by atoms with Crippen LogP contribution in [0.25, 0.3) is 0 Å². The first kappa shape index (κ1) is 16.3. The predicted molar refractivity (Wildman–Crippen MR) is 86.3 cm³/mol. The first-order valence-corrected chi connectivity index (χ1v) is 8.15. The number of ether oxygens (including phenoxy) is 1. The van der Waals surface area contributed by atoms with Gasteiger partial charge in [0.25, 0.3) is 0 Å². The molecule has 1 saturated heterocycles. The third-order valence-electron chi connectivity index (χ3n) is 3.69. The number of carbonyl (C=O) groups is 1. The second-order valence-electron chi connectivity index (χ2n) is 6.70. The molecule has 1 aliphatic heterocycles. The number of pyridine rings is 1. The third kappa shape index (κ3) is 4.43. The molecule has 2 atom stereocenters. The minimum absolute atomic E-state index is 0.212. The Morgan fingerprint density at radius 3 is 2.67 bits per heavy atom. The van der Waals surface area contributed by atoms with Crippen molar-refractivity contribution in [2.45, 2.75) is 45.6 Å². The number of rotatable bonds is 1. The van der Waals surface area contributed by atoms with Crippen molar-refractivity contribution in [3.8, 4) is 0 Å². The first-order chi connectivity index (χ1) is 9.76. The molecular formula is C16H23BrN2O2. The van der Waals surface area contributed by atoms with Crippen molar-refractivity contribution in [2.75, 3.05) is 13.1 Å². The molecule has 2 heterocycles. The summed E-state index contributed by atoms with van der Waals surface area (Å²) < 4.78 is 6.44. The Bertz CT molecular complexity index is 496. The van der Waals surface area contributed by atoms with Crippen LogP contribution < -0.4 is 0 Å². The normalized spacial score (nSPS) is 23.0. The van der Waals surface area contributed by atoms with Crippen LogP contribution in [0.5, 0.6) is 0 Å². The summed E-state index contributed by atoms with van der Waals surface area (Å²) in [6, 6.07) is 4.09. The van der Waals surface area contributed by atoms with E-state index in [-0.39, 0.29) is 6.09 Å². The zero-order valence-corrected chi connectivity index (χ0v) is 14.7. The Balaban J connectivity index is 1.99. The molecule has 116 valence electrons. The van der Waals surface area contributed by atoms with Crippen LogP contribution in [0.2, 0.25) is 0 Å². The van der Waals surface area contributed by atoms with E-state index in [1.54, 1.807) is 0 Å². The summed E-state index contributed by atoms with van der Waals surface area (Å²) in [6.07, 6.45) is 2.55. The van der Waals surface area contributed by atoms with E-state index in [2.05, 4.69) is 33.9 Å². The molecule has 0 aliphatic carbocycles. The van der Waals surface area contributed by atoms with Crippen molar-refractivity contribution in [3.05, 3.63) is 28.5 Å². The van der Waals surface area contributed by atoms with E-state index >= 15 is 0 Å². The molecule has 0 N–H and O–H groups in total. The lowest BCUT2D eigenvalue weighted by Crippen LogP contribution is -2.44. The Morgan fingerprint density at radius 1 is 1.43 bits per heavy atom. The highest BCUT2D eigenvalue weighted by Crippen LogP contribution is 2.32. The third-order valence-corrected chi connectivity index (χ3v) is 4.16. The van der Waals surface area contributed by atoms with Crippen LogP contribution >= 0.6 is 15.9 Å². The molecule has 21 heavy (non-hydrogen) atoms. The van der Waals surface area contributed by atoms with Gasteiger partial charge >= 0.3 is 6.09 Å². The maximum Gasteiger partial charge on any atom is 0.410 e. The molecule has 1 aliphatic rings. The summed E-state index contributed by atoms with van der Waals surface area (Å²) in [5, 5.41) is 0. The van der Waals surface area contributed by atoms with Gasteiger partial charge in [-0.2, -0.15) is 0 Å². The van der Waals surface area contributed by atoms with Gasteiger partial charge in [-0.1, -0.05) is 6.92 Å². The minimum atomic E-state index is -0.440. The lowest BCUT2D eigenvalue weighted by Gasteiger charge is -2.37. The number of hydrogen-bond acceptors (Lipinski definition) is 3. The summed E-state index contributed by atoms with van der Waals surface area (Å²) in [7, 11) is 0. The highest BCUT2D eigenvalue weighted by molar-refractivity contribution is 9.10. The molecular weight excluding hydrogens is 332 g/mol. The first-order valence-electron chi connectivity index (χ1n) is 7.35. The van der Waals surface area contributed by atoms with Crippen LogP contribution in [0.15, 0.2) is 22.8 Å². The quantitative estimate of drug-likeness (QED) is 0.758. The molecule has 0 spiro atoms. The van der Waals surface area contributed by atoms with Gasteiger partial charge in [-0.25, -0.2) is 4.79 Å². The summed E-state index contributed by atoms with van der Waals surface area (Å²) in [4.78, 5) is 18.4. The van der Waals surface area contributed by atoms with Gasteiger partial charge in [-0.3, -0.25) is 4.98 Å². The number of aromatic nitrogens is 1. The van der Waals surface area contributed by atoms with Crippen LogP contribution in [0.1, 0.15) is 45.7 Å². The standard InChI is InChI=1S/C16H23BrN2O2/c1-11-10-19(15(20)21-16(2,3)4)8-7-13(11)14-6-5-12(17)9-18-14/h5-6,9,11,13H,7-8,10H2,1-4H3. The van der Waals surface area contributed by atoms with E-state index in [9.17, 15) is 4.79 Å². The van der Waals surface area contributed by atoms with Crippen LogP contribution in [-0.2, 0) is 4.74 Å². The SMILES string of the molecule is CC1CN(C(=O)OC(C)(C)C)CCC1c1ccc(Br)cn1. The maximum absolute atomic E-state index is 12.1. The van der Waals surface area contributed by atoms with E-state index in [4.69, 9.17) is 4.74 Å². The summed E-state index contributed by atoms with van der Waals surface area (Å²) >= 11 is 3.41. The molecule has 1 aromatic heterocycles. The Morgan fingerprint density at radius 2 is 2.14 bits per heavy atom. The topological polar surface area (TPSA) is 42.4 Å². The van der Waals surface area contributed by atoms with Crippen molar-refractivity contribution in [3.63, 3.8) is 0 Å². The number of carbonyl (C=O) groups excluding carboxylic acids is 1. The number of halogens is 1. The van der Waals surface area contributed by atoms with Crippen molar-refractivity contribution in [1.29, 1.82) is 0 Å². The lowest BCUT2D eigenvalue weighted by molar-refractivity contribution is 0.0154. The van der Waals surface area contributed by atoms with Gasteiger partial charge in [0.1, 0.15) is 5.60 Å². The minimum Gasteiger partial charge on any atom is -0.444 e. The Hall–Kier alpha value is -1.10. The molecule has 2 unspecified atom stereocenters. The van der Waals surface area contributed by atoms with Crippen LogP contribution in [0, 0.1) is 5.92 Å². The van der Waals surface area contributed by atoms with Crippen LogP contribution in [0.4, 0.5) is 4.79 Å². The largest absolute Gasteiger partial charge is 0.444 e. The predicted octanol–water partition coefficient (Wildman–Crippen LogP) is 4.20. The van der Waals surface area contributed by atoms with E-state index in [1.165, 1.54) is 0 Å². The molecule has 0 aromatic carbocycles. The fourth-order valence-corrected chi connectivity index (χ4v) is 2.92. The van der Waals surface area contributed by atoms with Crippen molar-refractivity contribution >= 4 is 22.0 Å². The van der Waals surface area contributed by atoms with Crippen molar-refractivity contribution in [2.24, 2.45) is 5.92 Å². The van der Waals surface area contributed by atoms with Gasteiger partial charge in [-0.15, -0.1) is 0 Å². The van der Waals surface area contributed by atoms with Gasteiger partial charge in [0.2, 0.25) is 0 Å². The molecule has 1 amide bonds. The summed E-state index contributed by atoms with van der Waals surface area (Å²) in [6.45, 7) is 9.30. The second kappa shape index (κ2) is 6.34. The molecule has 0 saturated carbocycles. The second-order valence-corrected chi connectivity index (χ2v) is 7.62. The molecule has 5 heteroatoms. The maximum atomic E-state index is 12.1. The van der Waals surface area contributed by atoms with Crippen molar-refractivity contribution < 1.29 is 9.53 Å². The van der Waals surface area contributed by atoms with Gasteiger partial charge in [-0.05, 0) is 61.2 Å². The highest BCUT2D eigenvalue weighted by atomic mass is 79.9. The van der Waals surface area contributed by atoms with Crippen LogP contribution in [-0.4, -0.2) is 34.7 Å². The van der Waals surface area contributed by atoms with Gasteiger partial charge in [0.05, 0.1) is 0 Å². The smallest absolute Gasteiger partial charge is 0.410 e. The Kier molecular flexibility index (Phi) is 4.91. The van der Waals surface area contributed by atoms with E-state index in [0.29, 0.717) is 11.8 Å². The van der Waals surface area contributed by atoms with E-state index in [0.717, 1.165) is 29.7 Å². The molecule has 0 radical (unpaired) electrons. The highest BCUT2D eigenvalue weighted by Gasteiger charge is 2.32. The molecule has 2 rings (SSSR count). The molecule has 1 fully saturated rings. The van der Waals surface area contributed by atoms with E-state index < -0.39 is 5.60 Å². The summed E-state index contributed by atoms with van der Waals surface area (Å²) in [5.74, 6) is 0.775. The fraction of sp³-hybridized carbons (Fsp3) is 0.625. The van der Waals surface area contributed by atoms with Gasteiger partial charge < -0.3 is 9.64 Å². The zero-order chi connectivity index (χ0) is 15.6. The van der Waals surface area contributed by atoms with Crippen molar-refractivity contribution in [1.82, 2.24) is 9.88 Å². The summed E-state index contributed by atoms with van der Waals surface area (Å²) in [5.41, 5.74) is 0.666. The number of amides is 1. The van der Waals surface area contributed by atoms with Gasteiger partial charge in [0, 0.05) is 35.4 Å². The number of hydrogen-bond donors (Lipinski definition) is 0. The van der Waals surface area contributed by atoms with Crippen LogP contribution in [0.3, 0.4) is 0 Å². The number of piperidine rings is 1. The van der Waals surface area contributed by atoms with E-state index in [1.807, 2.05) is 37.9 Å². The average molecular weight is 355 g/mol.